The van der Waals surface area contributed by atoms with Gasteiger partial charge in [-0.2, -0.15) is 0 Å². The van der Waals surface area contributed by atoms with Crippen molar-refractivity contribution in [2.75, 3.05) is 18.0 Å². The molecule has 82 valence electrons. The molecule has 1 aromatic rings. The Bertz CT molecular complexity index is 361. The first-order valence-corrected chi connectivity index (χ1v) is 5.15. The van der Waals surface area contributed by atoms with Crippen LogP contribution in [0.2, 0.25) is 0 Å². The number of nitrogens with zero attached hydrogens (tertiary/aromatic N) is 1. The normalized spacial score (nSPS) is 10.1. The molecule has 0 aromatic heterocycles. The first kappa shape index (κ1) is 11.6. The third-order valence-electron chi connectivity index (χ3n) is 2.43. The maximum absolute atomic E-state index is 10.9. The second-order valence-electron chi connectivity index (χ2n) is 3.77. The van der Waals surface area contributed by atoms with Gasteiger partial charge in [0.1, 0.15) is 0 Å². The molecule has 1 rings (SSSR count). The van der Waals surface area contributed by atoms with E-state index in [-0.39, 0.29) is 12.5 Å². The molecule has 1 amide bonds. The summed E-state index contributed by atoms with van der Waals surface area (Å²) in [6, 6.07) is 6.22. The van der Waals surface area contributed by atoms with E-state index in [0.717, 1.165) is 12.2 Å². The minimum absolute atomic E-state index is 0.279. The van der Waals surface area contributed by atoms with E-state index in [4.69, 9.17) is 5.73 Å². The second kappa shape index (κ2) is 4.82. The van der Waals surface area contributed by atoms with Crippen molar-refractivity contribution in [2.45, 2.75) is 20.8 Å². The molecule has 0 saturated carbocycles. The summed E-state index contributed by atoms with van der Waals surface area (Å²) >= 11 is 0. The van der Waals surface area contributed by atoms with Gasteiger partial charge < -0.3 is 10.6 Å². The van der Waals surface area contributed by atoms with Crippen molar-refractivity contribution in [3.05, 3.63) is 29.3 Å². The fourth-order valence-electron chi connectivity index (χ4n) is 1.62. The molecule has 0 aliphatic rings. The van der Waals surface area contributed by atoms with Crippen LogP contribution in [0.3, 0.4) is 0 Å². The Morgan fingerprint density at radius 3 is 2.60 bits per heavy atom. The lowest BCUT2D eigenvalue weighted by Gasteiger charge is -2.23. The Balaban J connectivity index is 3.00. The predicted octanol–water partition coefficient (Wildman–Crippen LogP) is 1.62. The van der Waals surface area contributed by atoms with Gasteiger partial charge in [0.15, 0.2) is 0 Å². The van der Waals surface area contributed by atoms with Crippen LogP contribution in [-0.4, -0.2) is 19.0 Å². The number of carbonyl (C=O) groups excluding carboxylic acids is 1. The van der Waals surface area contributed by atoms with Gasteiger partial charge in [-0.25, -0.2) is 0 Å². The summed E-state index contributed by atoms with van der Waals surface area (Å²) in [6.45, 7) is 7.16. The van der Waals surface area contributed by atoms with Crippen molar-refractivity contribution >= 4 is 11.6 Å². The standard InChI is InChI=1S/C12H18N2O/c1-4-14(8-12(13)15)11-7-9(2)5-6-10(11)3/h5-7H,4,8H2,1-3H3,(H2,13,15). The van der Waals surface area contributed by atoms with E-state index in [1.54, 1.807) is 0 Å². The summed E-state index contributed by atoms with van der Waals surface area (Å²) in [4.78, 5) is 12.9. The summed E-state index contributed by atoms with van der Waals surface area (Å²) < 4.78 is 0. The van der Waals surface area contributed by atoms with E-state index < -0.39 is 0 Å². The number of amides is 1. The SMILES string of the molecule is CCN(CC(N)=O)c1cc(C)ccc1C. The molecular formula is C12H18N2O. The maximum atomic E-state index is 10.9. The average Bonchev–Trinajstić information content (AvgIpc) is 2.18. The molecule has 3 heteroatoms. The van der Waals surface area contributed by atoms with Crippen LogP contribution in [0, 0.1) is 13.8 Å². The molecule has 0 unspecified atom stereocenters. The van der Waals surface area contributed by atoms with Crippen LogP contribution in [-0.2, 0) is 4.79 Å². The molecule has 1 aromatic carbocycles. The van der Waals surface area contributed by atoms with Crippen LogP contribution in [0.4, 0.5) is 5.69 Å². The highest BCUT2D eigenvalue weighted by atomic mass is 16.1. The summed E-state index contributed by atoms with van der Waals surface area (Å²) in [5.41, 5.74) is 8.67. The van der Waals surface area contributed by atoms with E-state index in [2.05, 4.69) is 18.2 Å². The van der Waals surface area contributed by atoms with Gasteiger partial charge in [0, 0.05) is 12.2 Å². The summed E-state index contributed by atoms with van der Waals surface area (Å²) in [6.07, 6.45) is 0. The lowest BCUT2D eigenvalue weighted by atomic mass is 10.1. The first-order valence-electron chi connectivity index (χ1n) is 5.15. The van der Waals surface area contributed by atoms with Gasteiger partial charge in [-0.15, -0.1) is 0 Å². The van der Waals surface area contributed by atoms with E-state index in [1.165, 1.54) is 11.1 Å². The largest absolute Gasteiger partial charge is 0.368 e. The zero-order valence-corrected chi connectivity index (χ0v) is 9.58. The van der Waals surface area contributed by atoms with Crippen molar-refractivity contribution in [3.63, 3.8) is 0 Å². The van der Waals surface area contributed by atoms with Gasteiger partial charge in [0.25, 0.3) is 0 Å². The van der Waals surface area contributed by atoms with Gasteiger partial charge in [-0.05, 0) is 38.0 Å². The number of hydrogen-bond acceptors (Lipinski definition) is 2. The van der Waals surface area contributed by atoms with E-state index >= 15 is 0 Å². The zero-order chi connectivity index (χ0) is 11.4. The van der Waals surface area contributed by atoms with Crippen LogP contribution in [0.25, 0.3) is 0 Å². The van der Waals surface area contributed by atoms with Gasteiger partial charge in [-0.3, -0.25) is 4.79 Å². The number of benzene rings is 1. The molecular weight excluding hydrogens is 188 g/mol. The van der Waals surface area contributed by atoms with Crippen LogP contribution >= 0.6 is 0 Å². The third-order valence-corrected chi connectivity index (χ3v) is 2.43. The molecule has 3 nitrogen and oxygen atoms in total. The Morgan fingerprint density at radius 1 is 1.40 bits per heavy atom. The molecule has 0 aliphatic carbocycles. The van der Waals surface area contributed by atoms with Gasteiger partial charge in [-0.1, -0.05) is 12.1 Å². The molecule has 0 radical (unpaired) electrons. The Hall–Kier alpha value is -1.51. The average molecular weight is 206 g/mol. The highest BCUT2D eigenvalue weighted by Gasteiger charge is 2.09. The van der Waals surface area contributed by atoms with Crippen molar-refractivity contribution in [1.29, 1.82) is 0 Å². The molecule has 15 heavy (non-hydrogen) atoms. The van der Waals surface area contributed by atoms with E-state index in [1.807, 2.05) is 25.7 Å². The van der Waals surface area contributed by atoms with Crippen molar-refractivity contribution < 1.29 is 4.79 Å². The van der Waals surface area contributed by atoms with Crippen molar-refractivity contribution in [3.8, 4) is 0 Å². The quantitative estimate of drug-likeness (QED) is 0.813. The first-order chi connectivity index (χ1) is 7.04. The summed E-state index contributed by atoms with van der Waals surface area (Å²) in [5, 5.41) is 0. The smallest absolute Gasteiger partial charge is 0.236 e. The molecule has 0 saturated heterocycles. The Labute approximate surface area is 90.9 Å². The second-order valence-corrected chi connectivity index (χ2v) is 3.77. The van der Waals surface area contributed by atoms with Crippen LogP contribution in [0.1, 0.15) is 18.1 Å². The monoisotopic (exact) mass is 206 g/mol. The predicted molar refractivity (Wildman–Crippen MR) is 63.0 cm³/mol. The lowest BCUT2D eigenvalue weighted by Crippen LogP contribution is -2.34. The topological polar surface area (TPSA) is 46.3 Å². The van der Waals surface area contributed by atoms with Gasteiger partial charge in [0.05, 0.1) is 6.54 Å². The number of aryl methyl sites for hydroxylation is 2. The molecule has 0 atom stereocenters. The number of carbonyl (C=O) groups is 1. The fourth-order valence-corrected chi connectivity index (χ4v) is 1.62. The minimum Gasteiger partial charge on any atom is -0.368 e. The number of primary amides is 1. The summed E-state index contributed by atoms with van der Waals surface area (Å²) in [7, 11) is 0. The number of likely N-dealkylation sites (N-methyl/N-ethyl adjacent to an activating group) is 1. The highest BCUT2D eigenvalue weighted by molar-refractivity contribution is 5.80. The minimum atomic E-state index is -0.294. The number of rotatable bonds is 4. The van der Waals surface area contributed by atoms with E-state index in [9.17, 15) is 4.79 Å². The molecule has 0 bridgehead atoms. The molecule has 0 heterocycles. The van der Waals surface area contributed by atoms with Crippen LogP contribution < -0.4 is 10.6 Å². The van der Waals surface area contributed by atoms with Crippen molar-refractivity contribution in [2.24, 2.45) is 5.73 Å². The van der Waals surface area contributed by atoms with Crippen LogP contribution in [0.15, 0.2) is 18.2 Å². The van der Waals surface area contributed by atoms with Crippen LogP contribution in [0.5, 0.6) is 0 Å². The number of hydrogen-bond donors (Lipinski definition) is 1. The third kappa shape index (κ3) is 2.98. The fraction of sp³-hybridized carbons (Fsp3) is 0.417. The Morgan fingerprint density at radius 2 is 2.07 bits per heavy atom. The molecule has 0 spiro atoms. The molecule has 0 aliphatic heterocycles. The maximum Gasteiger partial charge on any atom is 0.236 e. The van der Waals surface area contributed by atoms with E-state index in [0.29, 0.717) is 0 Å². The summed E-state index contributed by atoms with van der Waals surface area (Å²) in [5.74, 6) is -0.294. The Kier molecular flexibility index (Phi) is 3.72. The lowest BCUT2D eigenvalue weighted by molar-refractivity contribution is -0.116. The van der Waals surface area contributed by atoms with Gasteiger partial charge in [0.2, 0.25) is 5.91 Å². The number of anilines is 1. The van der Waals surface area contributed by atoms with Crippen molar-refractivity contribution in [1.82, 2.24) is 0 Å². The molecule has 0 fully saturated rings. The molecule has 2 N–H and O–H groups in total. The van der Waals surface area contributed by atoms with Gasteiger partial charge >= 0.3 is 0 Å². The highest BCUT2D eigenvalue weighted by Crippen LogP contribution is 2.20. The number of nitrogens with two attached hydrogens (primary N) is 1. The zero-order valence-electron chi connectivity index (χ0n) is 9.58.